The lowest BCUT2D eigenvalue weighted by atomic mass is 9.89. The van der Waals surface area contributed by atoms with Gasteiger partial charge in [-0.05, 0) is 32.4 Å². The molecule has 0 bridgehead atoms. The first-order valence-corrected chi connectivity index (χ1v) is 4.20. The molecular formula is C9H17NO. The largest absolute Gasteiger partial charge is 0.378 e. The van der Waals surface area contributed by atoms with Gasteiger partial charge < -0.3 is 10.1 Å². The summed E-state index contributed by atoms with van der Waals surface area (Å²) in [5.74, 6) is 0. The quantitative estimate of drug-likeness (QED) is 0.621. The molecule has 1 saturated heterocycles. The van der Waals surface area contributed by atoms with Crippen LogP contribution in [-0.2, 0) is 4.74 Å². The third-order valence-electron chi connectivity index (χ3n) is 2.46. The van der Waals surface area contributed by atoms with E-state index in [4.69, 9.17) is 4.74 Å². The average molecular weight is 155 g/mol. The lowest BCUT2D eigenvalue weighted by Gasteiger charge is -2.35. The van der Waals surface area contributed by atoms with Gasteiger partial charge in [-0.25, -0.2) is 0 Å². The highest BCUT2D eigenvalue weighted by Crippen LogP contribution is 2.26. The van der Waals surface area contributed by atoms with Crippen molar-refractivity contribution in [3.63, 3.8) is 0 Å². The van der Waals surface area contributed by atoms with Crippen molar-refractivity contribution in [2.75, 3.05) is 20.2 Å². The van der Waals surface area contributed by atoms with Crippen molar-refractivity contribution >= 4 is 0 Å². The lowest BCUT2D eigenvalue weighted by Crippen LogP contribution is -2.42. The molecule has 1 N–H and O–H groups in total. The van der Waals surface area contributed by atoms with Gasteiger partial charge in [-0.2, -0.15) is 0 Å². The van der Waals surface area contributed by atoms with Crippen LogP contribution in [0, 0.1) is 0 Å². The lowest BCUT2D eigenvalue weighted by molar-refractivity contribution is -0.0311. The van der Waals surface area contributed by atoms with Crippen molar-refractivity contribution in [2.24, 2.45) is 0 Å². The molecule has 0 amide bonds. The van der Waals surface area contributed by atoms with E-state index < -0.39 is 0 Å². The van der Waals surface area contributed by atoms with Gasteiger partial charge in [0.25, 0.3) is 0 Å². The van der Waals surface area contributed by atoms with Gasteiger partial charge in [0, 0.05) is 7.11 Å². The minimum atomic E-state index is 0.0903. The predicted octanol–water partition coefficient (Wildman–Crippen LogP) is 1.33. The van der Waals surface area contributed by atoms with Crippen LogP contribution in [0.5, 0.6) is 0 Å². The van der Waals surface area contributed by atoms with Crippen LogP contribution in [0.2, 0.25) is 0 Å². The molecule has 0 aromatic rings. The minimum absolute atomic E-state index is 0.0903. The smallest absolute Gasteiger partial charge is 0.0737 e. The Kier molecular flexibility index (Phi) is 3.09. The Bertz CT molecular complexity index is 128. The van der Waals surface area contributed by atoms with Crippen molar-refractivity contribution in [2.45, 2.75) is 24.9 Å². The summed E-state index contributed by atoms with van der Waals surface area (Å²) in [6.07, 6.45) is 5.14. The molecule has 0 saturated carbocycles. The maximum Gasteiger partial charge on any atom is 0.0737 e. The molecule has 1 aliphatic heterocycles. The van der Waals surface area contributed by atoms with E-state index in [1.807, 2.05) is 6.08 Å². The van der Waals surface area contributed by atoms with Gasteiger partial charge in [0.05, 0.1) is 5.60 Å². The second-order valence-corrected chi connectivity index (χ2v) is 3.13. The van der Waals surface area contributed by atoms with E-state index in [0.29, 0.717) is 0 Å². The van der Waals surface area contributed by atoms with Crippen LogP contribution in [0.1, 0.15) is 19.3 Å². The van der Waals surface area contributed by atoms with Gasteiger partial charge in [-0.15, -0.1) is 6.58 Å². The average Bonchev–Trinajstić information content (AvgIpc) is 2.07. The fourth-order valence-electron chi connectivity index (χ4n) is 1.64. The van der Waals surface area contributed by atoms with Crippen LogP contribution in [0.25, 0.3) is 0 Å². The van der Waals surface area contributed by atoms with E-state index in [1.165, 1.54) is 0 Å². The fourth-order valence-corrected chi connectivity index (χ4v) is 1.64. The molecule has 64 valence electrons. The summed E-state index contributed by atoms with van der Waals surface area (Å²) in [6.45, 7) is 5.89. The van der Waals surface area contributed by atoms with E-state index in [0.717, 1.165) is 32.4 Å². The monoisotopic (exact) mass is 155 g/mol. The van der Waals surface area contributed by atoms with Gasteiger partial charge >= 0.3 is 0 Å². The van der Waals surface area contributed by atoms with Gasteiger partial charge in [0.2, 0.25) is 0 Å². The highest BCUT2D eigenvalue weighted by atomic mass is 16.5. The van der Waals surface area contributed by atoms with Crippen molar-refractivity contribution in [3.05, 3.63) is 12.7 Å². The first-order valence-electron chi connectivity index (χ1n) is 4.20. The third kappa shape index (κ3) is 2.04. The molecule has 11 heavy (non-hydrogen) atoms. The summed E-state index contributed by atoms with van der Waals surface area (Å²) in [5.41, 5.74) is 0.0903. The van der Waals surface area contributed by atoms with Crippen molar-refractivity contribution in [1.82, 2.24) is 5.32 Å². The number of rotatable bonds is 3. The van der Waals surface area contributed by atoms with Crippen molar-refractivity contribution < 1.29 is 4.74 Å². The molecule has 1 heterocycles. The van der Waals surface area contributed by atoms with E-state index >= 15 is 0 Å². The first-order chi connectivity index (χ1) is 5.33. The summed E-state index contributed by atoms with van der Waals surface area (Å²) in [5, 5.41) is 3.32. The van der Waals surface area contributed by atoms with Gasteiger partial charge in [0.1, 0.15) is 0 Å². The highest BCUT2D eigenvalue weighted by molar-refractivity contribution is 4.91. The third-order valence-corrected chi connectivity index (χ3v) is 2.46. The Morgan fingerprint density at radius 1 is 1.55 bits per heavy atom. The molecule has 1 aliphatic rings. The number of nitrogens with one attached hydrogen (secondary N) is 1. The number of methoxy groups -OCH3 is 1. The molecule has 0 aliphatic carbocycles. The Hall–Kier alpha value is -0.340. The fraction of sp³-hybridized carbons (Fsp3) is 0.778. The number of ether oxygens (including phenoxy) is 1. The molecule has 1 fully saturated rings. The Morgan fingerprint density at radius 3 is 2.64 bits per heavy atom. The zero-order valence-corrected chi connectivity index (χ0v) is 7.23. The van der Waals surface area contributed by atoms with Gasteiger partial charge in [-0.3, -0.25) is 0 Å². The highest BCUT2D eigenvalue weighted by Gasteiger charge is 2.29. The minimum Gasteiger partial charge on any atom is -0.378 e. The number of hydrogen-bond donors (Lipinski definition) is 1. The van der Waals surface area contributed by atoms with Gasteiger partial charge in [0.15, 0.2) is 0 Å². The van der Waals surface area contributed by atoms with E-state index in [-0.39, 0.29) is 5.60 Å². The second-order valence-electron chi connectivity index (χ2n) is 3.13. The predicted molar refractivity (Wildman–Crippen MR) is 46.7 cm³/mol. The van der Waals surface area contributed by atoms with Crippen LogP contribution in [0.3, 0.4) is 0 Å². The summed E-state index contributed by atoms with van der Waals surface area (Å²) < 4.78 is 5.51. The standard InChI is InChI=1S/C9H17NO/c1-3-4-9(11-2)5-7-10-8-6-9/h3,10H,1,4-8H2,2H3. The first kappa shape index (κ1) is 8.75. The zero-order valence-electron chi connectivity index (χ0n) is 7.23. The SMILES string of the molecule is C=CCC1(OC)CCNCC1. The normalized spacial score (nSPS) is 23.0. The molecular weight excluding hydrogens is 138 g/mol. The molecule has 0 spiro atoms. The van der Waals surface area contributed by atoms with Crippen LogP contribution < -0.4 is 5.32 Å². The summed E-state index contributed by atoms with van der Waals surface area (Å²) in [7, 11) is 1.80. The number of piperidine rings is 1. The van der Waals surface area contributed by atoms with Crippen LogP contribution in [0.15, 0.2) is 12.7 Å². The van der Waals surface area contributed by atoms with E-state index in [2.05, 4.69) is 11.9 Å². The van der Waals surface area contributed by atoms with Crippen molar-refractivity contribution in [1.29, 1.82) is 0 Å². The molecule has 2 heteroatoms. The molecule has 0 unspecified atom stereocenters. The second kappa shape index (κ2) is 3.88. The molecule has 0 aromatic carbocycles. The molecule has 0 aromatic heterocycles. The Morgan fingerprint density at radius 2 is 2.18 bits per heavy atom. The molecule has 2 nitrogen and oxygen atoms in total. The van der Waals surface area contributed by atoms with Crippen LogP contribution >= 0.6 is 0 Å². The summed E-state index contributed by atoms with van der Waals surface area (Å²) >= 11 is 0. The topological polar surface area (TPSA) is 21.3 Å². The van der Waals surface area contributed by atoms with Gasteiger partial charge in [-0.1, -0.05) is 6.08 Å². The molecule has 1 rings (SSSR count). The van der Waals surface area contributed by atoms with Crippen LogP contribution in [-0.4, -0.2) is 25.8 Å². The summed E-state index contributed by atoms with van der Waals surface area (Å²) in [6, 6.07) is 0. The Labute approximate surface area is 68.6 Å². The van der Waals surface area contributed by atoms with E-state index in [1.54, 1.807) is 7.11 Å². The maximum atomic E-state index is 5.51. The zero-order chi connectivity index (χ0) is 8.16. The van der Waals surface area contributed by atoms with Crippen molar-refractivity contribution in [3.8, 4) is 0 Å². The summed E-state index contributed by atoms with van der Waals surface area (Å²) in [4.78, 5) is 0. The number of hydrogen-bond acceptors (Lipinski definition) is 2. The molecule has 0 radical (unpaired) electrons. The molecule has 0 atom stereocenters. The van der Waals surface area contributed by atoms with E-state index in [9.17, 15) is 0 Å². The Balaban J connectivity index is 2.49. The maximum absolute atomic E-state index is 5.51. The van der Waals surface area contributed by atoms with Crippen LogP contribution in [0.4, 0.5) is 0 Å².